The van der Waals surface area contributed by atoms with Crippen LogP contribution in [0.5, 0.6) is 0 Å². The molecule has 0 saturated heterocycles. The Kier molecular flexibility index (Phi) is 8.11. The molecule has 0 aromatic heterocycles. The molecule has 0 heterocycles. The second-order valence-corrected chi connectivity index (χ2v) is 8.08. The van der Waals surface area contributed by atoms with Crippen LogP contribution >= 0.6 is 11.8 Å². The van der Waals surface area contributed by atoms with Crippen LogP contribution in [0.4, 0.5) is 18.9 Å². The SMILES string of the molecule is CCOC(=O)/C(C(=Nc1ccccc1)C(F)(F)F)=C(/Sc1ccc(C)cc1)c1ccccc1. The first-order valence-electron chi connectivity index (χ1n) is 10.2. The second-order valence-electron chi connectivity index (χ2n) is 7.00. The van der Waals surface area contributed by atoms with Gasteiger partial charge in [0.1, 0.15) is 5.57 Å². The molecule has 0 unspecified atom stereocenters. The number of carbonyl (C=O) groups excluding carboxylic acids is 1. The highest BCUT2D eigenvalue weighted by Gasteiger charge is 2.43. The summed E-state index contributed by atoms with van der Waals surface area (Å²) in [6.45, 7) is 3.39. The number of aliphatic imine (C=N–C) groups is 1. The zero-order valence-electron chi connectivity index (χ0n) is 18.1. The Morgan fingerprint density at radius 3 is 2.03 bits per heavy atom. The van der Waals surface area contributed by atoms with Crippen molar-refractivity contribution in [3.05, 3.63) is 102 Å². The smallest absolute Gasteiger partial charge is 0.434 e. The molecule has 0 aliphatic rings. The van der Waals surface area contributed by atoms with Crippen molar-refractivity contribution in [2.45, 2.75) is 24.9 Å². The number of alkyl halides is 3. The van der Waals surface area contributed by atoms with E-state index in [0.29, 0.717) is 10.5 Å². The van der Waals surface area contributed by atoms with Crippen molar-refractivity contribution in [2.75, 3.05) is 6.61 Å². The van der Waals surface area contributed by atoms with E-state index in [1.807, 2.05) is 19.1 Å². The van der Waals surface area contributed by atoms with Crippen molar-refractivity contribution < 1.29 is 22.7 Å². The maximum Gasteiger partial charge on any atom is 0.434 e. The van der Waals surface area contributed by atoms with Crippen LogP contribution in [0.25, 0.3) is 4.91 Å². The molecule has 3 aromatic carbocycles. The zero-order valence-corrected chi connectivity index (χ0v) is 18.9. The first-order valence-corrected chi connectivity index (χ1v) is 11.0. The molecule has 0 bridgehead atoms. The van der Waals surface area contributed by atoms with Crippen molar-refractivity contribution >= 4 is 34.0 Å². The molecule has 33 heavy (non-hydrogen) atoms. The minimum absolute atomic E-state index is 0.0733. The van der Waals surface area contributed by atoms with Crippen LogP contribution in [0, 0.1) is 6.92 Å². The Bertz CT molecular complexity index is 1140. The number of carbonyl (C=O) groups is 1. The lowest BCUT2D eigenvalue weighted by Crippen LogP contribution is -2.30. The highest BCUT2D eigenvalue weighted by Crippen LogP contribution is 2.40. The van der Waals surface area contributed by atoms with Gasteiger partial charge in [0.05, 0.1) is 12.3 Å². The fraction of sp³-hybridized carbons (Fsp3) is 0.154. The van der Waals surface area contributed by atoms with E-state index in [1.165, 1.54) is 12.1 Å². The van der Waals surface area contributed by atoms with E-state index in [9.17, 15) is 18.0 Å². The molecule has 0 saturated carbocycles. The molecule has 0 atom stereocenters. The van der Waals surface area contributed by atoms with Crippen LogP contribution in [0.15, 0.2) is 100 Å². The lowest BCUT2D eigenvalue weighted by Gasteiger charge is -2.18. The zero-order chi connectivity index (χ0) is 23.8. The molecule has 3 nitrogen and oxygen atoms in total. The van der Waals surface area contributed by atoms with E-state index in [1.54, 1.807) is 67.6 Å². The van der Waals surface area contributed by atoms with Crippen molar-refractivity contribution in [3.8, 4) is 0 Å². The lowest BCUT2D eigenvalue weighted by atomic mass is 10.0. The van der Waals surface area contributed by atoms with E-state index >= 15 is 0 Å². The van der Waals surface area contributed by atoms with Gasteiger partial charge >= 0.3 is 12.1 Å². The standard InChI is InChI=1S/C26H22F3NO2S/c1-3-32-25(31)22(24(26(27,28)29)30-20-12-8-5-9-13-20)23(19-10-6-4-7-11-19)33-21-16-14-18(2)15-17-21/h4-17H,3H2,1-2H3/b23-22+,30-24?. The van der Waals surface area contributed by atoms with Gasteiger partial charge in [-0.2, -0.15) is 13.2 Å². The molecule has 0 N–H and O–H groups in total. The maximum absolute atomic E-state index is 14.3. The van der Waals surface area contributed by atoms with Gasteiger partial charge in [0, 0.05) is 9.80 Å². The quantitative estimate of drug-likeness (QED) is 0.157. The van der Waals surface area contributed by atoms with E-state index in [-0.39, 0.29) is 17.2 Å². The first kappa shape index (κ1) is 24.3. The number of para-hydroxylation sites is 1. The molecule has 170 valence electrons. The van der Waals surface area contributed by atoms with Crippen LogP contribution in [-0.2, 0) is 9.53 Å². The van der Waals surface area contributed by atoms with Crippen molar-refractivity contribution in [2.24, 2.45) is 4.99 Å². The van der Waals surface area contributed by atoms with Gasteiger partial charge in [-0.3, -0.25) is 0 Å². The van der Waals surface area contributed by atoms with Gasteiger partial charge in [0.25, 0.3) is 0 Å². The second kappa shape index (κ2) is 11.0. The number of hydrogen-bond acceptors (Lipinski definition) is 4. The third kappa shape index (κ3) is 6.58. The maximum atomic E-state index is 14.3. The first-order chi connectivity index (χ1) is 15.8. The average molecular weight is 470 g/mol. The van der Waals surface area contributed by atoms with Gasteiger partial charge in [0.15, 0.2) is 5.71 Å². The van der Waals surface area contributed by atoms with Crippen LogP contribution in [0.2, 0.25) is 0 Å². The Morgan fingerprint density at radius 2 is 1.48 bits per heavy atom. The number of ether oxygens (including phenoxy) is 1. The molecular formula is C26H22F3NO2S. The molecule has 0 amide bonds. The van der Waals surface area contributed by atoms with Gasteiger partial charge in [-0.1, -0.05) is 78.0 Å². The minimum atomic E-state index is -4.90. The van der Waals surface area contributed by atoms with Crippen molar-refractivity contribution in [3.63, 3.8) is 0 Å². The van der Waals surface area contributed by atoms with Gasteiger partial charge in [-0.25, -0.2) is 9.79 Å². The summed E-state index contributed by atoms with van der Waals surface area (Å²) in [5, 5.41) is 0. The van der Waals surface area contributed by atoms with Crippen molar-refractivity contribution in [1.82, 2.24) is 0 Å². The van der Waals surface area contributed by atoms with Crippen LogP contribution in [0.3, 0.4) is 0 Å². The molecule has 0 spiro atoms. The third-order valence-corrected chi connectivity index (χ3v) is 5.64. The summed E-state index contributed by atoms with van der Waals surface area (Å²) < 4.78 is 48.1. The number of rotatable bonds is 7. The largest absolute Gasteiger partial charge is 0.462 e. The van der Waals surface area contributed by atoms with Gasteiger partial charge in [-0.15, -0.1) is 0 Å². The fourth-order valence-electron chi connectivity index (χ4n) is 2.96. The Balaban J connectivity index is 2.32. The number of aryl methyl sites for hydroxylation is 1. The highest BCUT2D eigenvalue weighted by atomic mass is 32.2. The summed E-state index contributed by atoms with van der Waals surface area (Å²) in [6.07, 6.45) is -4.90. The number of esters is 1. The predicted octanol–water partition coefficient (Wildman–Crippen LogP) is 7.40. The molecule has 3 rings (SSSR count). The number of nitrogens with zero attached hydrogens (tertiary/aromatic N) is 1. The molecular weight excluding hydrogens is 447 g/mol. The summed E-state index contributed by atoms with van der Waals surface area (Å²) in [7, 11) is 0. The van der Waals surface area contributed by atoms with Gasteiger partial charge in [-0.05, 0) is 43.7 Å². The molecule has 0 aliphatic heterocycles. The summed E-state index contributed by atoms with van der Waals surface area (Å²) >= 11 is 1.07. The summed E-state index contributed by atoms with van der Waals surface area (Å²) in [5.74, 6) is -1.08. The summed E-state index contributed by atoms with van der Waals surface area (Å²) in [5.41, 5.74) is -0.372. The van der Waals surface area contributed by atoms with Gasteiger partial charge < -0.3 is 4.74 Å². The lowest BCUT2D eigenvalue weighted by molar-refractivity contribution is -0.138. The van der Waals surface area contributed by atoms with E-state index in [0.717, 1.165) is 17.3 Å². The van der Waals surface area contributed by atoms with Crippen molar-refractivity contribution in [1.29, 1.82) is 0 Å². The number of thioether (sulfide) groups is 1. The van der Waals surface area contributed by atoms with Crippen LogP contribution in [-0.4, -0.2) is 24.5 Å². The average Bonchev–Trinajstić information content (AvgIpc) is 2.80. The van der Waals surface area contributed by atoms with E-state index < -0.39 is 23.4 Å². The Hall–Kier alpha value is -3.32. The van der Waals surface area contributed by atoms with E-state index in [2.05, 4.69) is 4.99 Å². The number of benzene rings is 3. The van der Waals surface area contributed by atoms with Gasteiger partial charge in [0.2, 0.25) is 0 Å². The molecule has 3 aromatic rings. The topological polar surface area (TPSA) is 38.7 Å². The number of hydrogen-bond donors (Lipinski definition) is 0. The van der Waals surface area contributed by atoms with Crippen LogP contribution in [0.1, 0.15) is 18.1 Å². The highest BCUT2D eigenvalue weighted by molar-refractivity contribution is 8.08. The Morgan fingerprint density at radius 1 is 0.909 bits per heavy atom. The molecule has 0 radical (unpaired) electrons. The third-order valence-electron chi connectivity index (χ3n) is 4.49. The minimum Gasteiger partial charge on any atom is -0.462 e. The summed E-state index contributed by atoms with van der Waals surface area (Å²) in [6, 6.07) is 23.5. The molecule has 7 heteroatoms. The van der Waals surface area contributed by atoms with Crippen LogP contribution < -0.4 is 0 Å². The normalized spacial score (nSPS) is 12.8. The number of halogens is 3. The molecule has 0 aliphatic carbocycles. The predicted molar refractivity (Wildman–Crippen MR) is 127 cm³/mol. The summed E-state index contributed by atoms with van der Waals surface area (Å²) in [4.78, 5) is 17.7. The monoisotopic (exact) mass is 469 g/mol. The fourth-order valence-corrected chi connectivity index (χ4v) is 4.00. The van der Waals surface area contributed by atoms with E-state index in [4.69, 9.17) is 4.74 Å². The molecule has 0 fully saturated rings. The Labute approximate surface area is 195 Å².